The molecule has 1 aromatic carbocycles. The summed E-state index contributed by atoms with van der Waals surface area (Å²) in [5.74, 6) is 0.695. The Morgan fingerprint density at radius 1 is 1.23 bits per heavy atom. The molecule has 1 N–H and O–H groups in total. The number of nitriles is 1. The lowest BCUT2D eigenvalue weighted by Crippen LogP contribution is -2.31. The molecule has 150 valence electrons. The van der Waals surface area contributed by atoms with Crippen LogP contribution < -0.4 is 15.1 Å². The SMILES string of the molecule is CN(C(=O)Nc1c(Cl)cncc1Cl)c1ccnc(N2CCc3ccc(C#N)cc32)c1. The first-order valence-electron chi connectivity index (χ1n) is 9.08. The van der Waals surface area contributed by atoms with Crippen molar-refractivity contribution in [3.63, 3.8) is 0 Å². The number of carbonyl (C=O) groups excluding carboxylic acids is 1. The monoisotopic (exact) mass is 438 g/mol. The van der Waals surface area contributed by atoms with Crippen molar-refractivity contribution in [1.29, 1.82) is 5.26 Å². The summed E-state index contributed by atoms with van der Waals surface area (Å²) in [6.07, 6.45) is 5.33. The molecule has 0 fully saturated rings. The highest BCUT2D eigenvalue weighted by atomic mass is 35.5. The van der Waals surface area contributed by atoms with E-state index in [1.807, 2.05) is 29.2 Å². The van der Waals surface area contributed by atoms with Crippen LogP contribution in [-0.2, 0) is 6.42 Å². The second kappa shape index (κ2) is 8.19. The highest BCUT2D eigenvalue weighted by Crippen LogP contribution is 2.35. The minimum atomic E-state index is -0.407. The van der Waals surface area contributed by atoms with E-state index < -0.39 is 6.03 Å². The van der Waals surface area contributed by atoms with Crippen molar-refractivity contribution in [2.75, 3.05) is 28.7 Å². The van der Waals surface area contributed by atoms with Gasteiger partial charge in [-0.05, 0) is 30.2 Å². The summed E-state index contributed by atoms with van der Waals surface area (Å²) in [6.45, 7) is 0.749. The topological polar surface area (TPSA) is 85.2 Å². The van der Waals surface area contributed by atoms with Crippen LogP contribution in [0.3, 0.4) is 0 Å². The quantitative estimate of drug-likeness (QED) is 0.620. The van der Waals surface area contributed by atoms with E-state index in [0.717, 1.165) is 24.2 Å². The largest absolute Gasteiger partial charge is 0.326 e. The zero-order chi connectivity index (χ0) is 21.3. The first-order chi connectivity index (χ1) is 14.5. The van der Waals surface area contributed by atoms with E-state index >= 15 is 0 Å². The molecule has 0 saturated heterocycles. The summed E-state index contributed by atoms with van der Waals surface area (Å²) in [5, 5.41) is 12.4. The number of pyridine rings is 2. The Morgan fingerprint density at radius 3 is 2.73 bits per heavy atom. The molecule has 4 rings (SSSR count). The summed E-state index contributed by atoms with van der Waals surface area (Å²) in [7, 11) is 1.64. The van der Waals surface area contributed by atoms with Crippen LogP contribution in [0, 0.1) is 11.3 Å². The van der Waals surface area contributed by atoms with Crippen LogP contribution >= 0.6 is 23.2 Å². The van der Waals surface area contributed by atoms with E-state index in [1.165, 1.54) is 17.3 Å². The Morgan fingerprint density at radius 2 is 2.00 bits per heavy atom. The van der Waals surface area contributed by atoms with Crippen molar-refractivity contribution < 1.29 is 4.79 Å². The van der Waals surface area contributed by atoms with Gasteiger partial charge in [0.15, 0.2) is 0 Å². The smallest absolute Gasteiger partial charge is 0.326 e. The van der Waals surface area contributed by atoms with E-state index in [1.54, 1.807) is 19.3 Å². The average molecular weight is 439 g/mol. The number of hydrogen-bond donors (Lipinski definition) is 1. The Kier molecular flexibility index (Phi) is 5.44. The number of carbonyl (C=O) groups is 1. The minimum Gasteiger partial charge on any atom is -0.326 e. The van der Waals surface area contributed by atoms with Gasteiger partial charge in [-0.15, -0.1) is 0 Å². The van der Waals surface area contributed by atoms with E-state index in [-0.39, 0.29) is 10.0 Å². The molecule has 0 atom stereocenters. The molecule has 0 aliphatic carbocycles. The second-order valence-corrected chi connectivity index (χ2v) is 7.51. The van der Waals surface area contributed by atoms with Gasteiger partial charge in [-0.25, -0.2) is 9.78 Å². The Bertz CT molecular complexity index is 1160. The first-order valence-corrected chi connectivity index (χ1v) is 9.84. The fourth-order valence-electron chi connectivity index (χ4n) is 3.29. The summed E-state index contributed by atoms with van der Waals surface area (Å²) in [5.41, 5.74) is 3.66. The lowest BCUT2D eigenvalue weighted by Gasteiger charge is -2.22. The summed E-state index contributed by atoms with van der Waals surface area (Å²) in [4.78, 5) is 24.6. The van der Waals surface area contributed by atoms with E-state index in [4.69, 9.17) is 23.2 Å². The van der Waals surface area contributed by atoms with Gasteiger partial charge in [0.1, 0.15) is 5.82 Å². The van der Waals surface area contributed by atoms with Crippen molar-refractivity contribution >= 4 is 52.1 Å². The molecular weight excluding hydrogens is 423 g/mol. The molecule has 7 nitrogen and oxygen atoms in total. The second-order valence-electron chi connectivity index (χ2n) is 6.70. The summed E-state index contributed by atoms with van der Waals surface area (Å²) >= 11 is 12.2. The van der Waals surface area contributed by atoms with Crippen LogP contribution in [0.25, 0.3) is 0 Å². The van der Waals surface area contributed by atoms with Crippen molar-refractivity contribution in [1.82, 2.24) is 9.97 Å². The fourth-order valence-corrected chi connectivity index (χ4v) is 3.75. The number of nitrogens with one attached hydrogen (secondary N) is 1. The number of urea groups is 1. The minimum absolute atomic E-state index is 0.252. The van der Waals surface area contributed by atoms with Gasteiger partial charge in [-0.1, -0.05) is 29.3 Å². The maximum absolute atomic E-state index is 12.7. The molecule has 0 spiro atoms. The maximum atomic E-state index is 12.7. The third-order valence-corrected chi connectivity index (χ3v) is 5.47. The maximum Gasteiger partial charge on any atom is 0.326 e. The lowest BCUT2D eigenvalue weighted by atomic mass is 10.1. The van der Waals surface area contributed by atoms with Crippen LogP contribution in [0.1, 0.15) is 11.1 Å². The van der Waals surface area contributed by atoms with Gasteiger partial charge < -0.3 is 10.2 Å². The van der Waals surface area contributed by atoms with Crippen LogP contribution in [0.4, 0.5) is 27.7 Å². The number of amides is 2. The highest BCUT2D eigenvalue weighted by molar-refractivity contribution is 6.39. The third-order valence-electron chi connectivity index (χ3n) is 4.89. The van der Waals surface area contributed by atoms with E-state index in [0.29, 0.717) is 22.8 Å². The molecule has 30 heavy (non-hydrogen) atoms. The van der Waals surface area contributed by atoms with Crippen LogP contribution in [0.15, 0.2) is 48.9 Å². The van der Waals surface area contributed by atoms with Gasteiger partial charge in [0.25, 0.3) is 0 Å². The number of benzene rings is 1. The zero-order valence-electron chi connectivity index (χ0n) is 15.9. The van der Waals surface area contributed by atoms with Gasteiger partial charge >= 0.3 is 6.03 Å². The molecule has 9 heteroatoms. The number of aromatic nitrogens is 2. The van der Waals surface area contributed by atoms with Crippen molar-refractivity contribution in [3.8, 4) is 6.07 Å². The Balaban J connectivity index is 1.59. The normalized spacial score (nSPS) is 12.3. The molecule has 0 bridgehead atoms. The molecule has 3 heterocycles. The predicted octanol–water partition coefficient (Wildman–Crippen LogP) is 5.02. The van der Waals surface area contributed by atoms with Crippen LogP contribution in [-0.4, -0.2) is 29.6 Å². The number of nitrogens with zero attached hydrogens (tertiary/aromatic N) is 5. The highest BCUT2D eigenvalue weighted by Gasteiger charge is 2.23. The fraction of sp³-hybridized carbons (Fsp3) is 0.143. The van der Waals surface area contributed by atoms with Crippen LogP contribution in [0.2, 0.25) is 10.0 Å². The van der Waals surface area contributed by atoms with Gasteiger partial charge in [0, 0.05) is 43.9 Å². The van der Waals surface area contributed by atoms with Crippen molar-refractivity contribution in [2.45, 2.75) is 6.42 Å². The van der Waals surface area contributed by atoms with E-state index in [9.17, 15) is 10.1 Å². The predicted molar refractivity (Wildman–Crippen MR) is 118 cm³/mol. The number of rotatable bonds is 3. The number of halogens is 2. The van der Waals surface area contributed by atoms with Crippen LogP contribution in [0.5, 0.6) is 0 Å². The molecule has 2 aromatic heterocycles. The van der Waals surface area contributed by atoms with Gasteiger partial charge in [-0.2, -0.15) is 5.26 Å². The first kappa shape index (κ1) is 20.0. The lowest BCUT2D eigenvalue weighted by molar-refractivity contribution is 0.258. The molecule has 1 aliphatic heterocycles. The molecule has 3 aromatic rings. The Hall–Kier alpha value is -3.34. The number of anilines is 4. The zero-order valence-corrected chi connectivity index (χ0v) is 17.4. The summed E-state index contributed by atoms with van der Waals surface area (Å²) < 4.78 is 0. The number of hydrogen-bond acceptors (Lipinski definition) is 5. The van der Waals surface area contributed by atoms with Crippen molar-refractivity contribution in [2.24, 2.45) is 0 Å². The summed E-state index contributed by atoms with van der Waals surface area (Å²) in [6, 6.07) is 11.0. The standard InChI is InChI=1S/C21H16Cl2N6O/c1-28(21(30)27-20-16(22)11-25-12-17(20)23)15-4-6-26-19(9-15)29-7-5-14-3-2-13(10-24)8-18(14)29/h2-4,6,8-9,11-12H,5,7H2,1H3,(H,25,27,30). The van der Waals surface area contributed by atoms with Gasteiger partial charge in [-0.3, -0.25) is 9.88 Å². The van der Waals surface area contributed by atoms with Gasteiger partial charge in [0.05, 0.1) is 33.1 Å². The Labute approximate surface area is 183 Å². The molecule has 0 radical (unpaired) electrons. The molecule has 2 amide bonds. The third kappa shape index (κ3) is 3.75. The molecule has 0 saturated carbocycles. The molecule has 1 aliphatic rings. The molecule has 0 unspecified atom stereocenters. The number of fused-ring (bicyclic) bond motifs is 1. The molecular formula is C21H16Cl2N6O. The van der Waals surface area contributed by atoms with E-state index in [2.05, 4.69) is 21.4 Å². The average Bonchev–Trinajstić information content (AvgIpc) is 3.19. The van der Waals surface area contributed by atoms with Crippen molar-refractivity contribution in [3.05, 3.63) is 70.1 Å². The van der Waals surface area contributed by atoms with Gasteiger partial charge in [0.2, 0.25) is 0 Å².